The standard InChI is InChI=1S/C13H12O/c1-3-7-12-10(4-2)11-8-5-6-9-13(11)14-12/h3-9H,1H2,2H3/b10-4-,12-7+. The quantitative estimate of drug-likeness (QED) is 0.662. The van der Waals surface area contributed by atoms with Crippen LogP contribution in [0, 0.1) is 0 Å². The minimum atomic E-state index is 0.878. The predicted octanol–water partition coefficient (Wildman–Crippen LogP) is 2.20. The van der Waals surface area contributed by atoms with Gasteiger partial charge in [-0.25, -0.2) is 0 Å². The van der Waals surface area contributed by atoms with Crippen molar-refractivity contribution < 1.29 is 4.42 Å². The highest BCUT2D eigenvalue weighted by molar-refractivity contribution is 5.78. The third-order valence-electron chi connectivity index (χ3n) is 2.22. The highest BCUT2D eigenvalue weighted by Gasteiger charge is 1.99. The van der Waals surface area contributed by atoms with Crippen LogP contribution < -0.4 is 10.6 Å². The van der Waals surface area contributed by atoms with Gasteiger partial charge in [0.2, 0.25) is 0 Å². The molecule has 0 radical (unpaired) electrons. The molecular weight excluding hydrogens is 172 g/mol. The highest BCUT2D eigenvalue weighted by atomic mass is 16.3. The van der Waals surface area contributed by atoms with Gasteiger partial charge in [-0.2, -0.15) is 0 Å². The maximum Gasteiger partial charge on any atom is 0.135 e. The number of rotatable bonds is 1. The molecular formula is C13H12O. The molecule has 0 amide bonds. The molecule has 1 heterocycles. The van der Waals surface area contributed by atoms with Crippen molar-refractivity contribution in [3.63, 3.8) is 0 Å². The fourth-order valence-electron chi connectivity index (χ4n) is 1.61. The molecule has 0 aliphatic carbocycles. The summed E-state index contributed by atoms with van der Waals surface area (Å²) < 4.78 is 5.67. The molecule has 1 nitrogen and oxygen atoms in total. The second-order valence-corrected chi connectivity index (χ2v) is 3.07. The molecule has 0 N–H and O–H groups in total. The first-order chi connectivity index (χ1) is 6.86. The van der Waals surface area contributed by atoms with Gasteiger partial charge < -0.3 is 4.42 Å². The molecule has 0 saturated heterocycles. The molecule has 14 heavy (non-hydrogen) atoms. The van der Waals surface area contributed by atoms with Gasteiger partial charge in [-0.3, -0.25) is 0 Å². The molecule has 1 aromatic carbocycles. The van der Waals surface area contributed by atoms with E-state index in [4.69, 9.17) is 4.42 Å². The van der Waals surface area contributed by atoms with E-state index in [0.717, 1.165) is 21.6 Å². The Balaban J connectivity index is 3.01. The van der Waals surface area contributed by atoms with Crippen LogP contribution in [0.15, 0.2) is 41.3 Å². The van der Waals surface area contributed by atoms with Crippen molar-refractivity contribution in [2.45, 2.75) is 6.92 Å². The van der Waals surface area contributed by atoms with Gasteiger partial charge in [0.15, 0.2) is 0 Å². The van der Waals surface area contributed by atoms with Crippen LogP contribution in [-0.4, -0.2) is 0 Å². The monoisotopic (exact) mass is 184 g/mol. The fraction of sp³-hybridized carbons (Fsp3) is 0.0769. The summed E-state index contributed by atoms with van der Waals surface area (Å²) in [5, 5.41) is 2.30. The number of furan rings is 1. The highest BCUT2D eigenvalue weighted by Crippen LogP contribution is 2.06. The van der Waals surface area contributed by atoms with E-state index in [1.807, 2.05) is 31.2 Å². The summed E-state index contributed by atoms with van der Waals surface area (Å²) in [5.74, 6) is 0. The van der Waals surface area contributed by atoms with E-state index >= 15 is 0 Å². The van der Waals surface area contributed by atoms with Crippen LogP contribution in [0.1, 0.15) is 6.92 Å². The van der Waals surface area contributed by atoms with Crippen LogP contribution >= 0.6 is 0 Å². The van der Waals surface area contributed by atoms with Crippen LogP contribution in [0.3, 0.4) is 0 Å². The normalized spacial score (nSPS) is 13.8. The summed E-state index contributed by atoms with van der Waals surface area (Å²) in [4.78, 5) is 0. The van der Waals surface area contributed by atoms with Crippen LogP contribution in [0.2, 0.25) is 0 Å². The van der Waals surface area contributed by atoms with Crippen molar-refractivity contribution in [2.24, 2.45) is 0 Å². The first-order valence-corrected chi connectivity index (χ1v) is 4.63. The SMILES string of the molecule is C=C/C=c1/oc2ccccc2/c1=C/C. The van der Waals surface area contributed by atoms with Gasteiger partial charge in [-0.15, -0.1) is 0 Å². The Bertz CT molecular complexity index is 573. The van der Waals surface area contributed by atoms with Crippen molar-refractivity contribution in [3.05, 3.63) is 47.6 Å². The van der Waals surface area contributed by atoms with Gasteiger partial charge in [-0.1, -0.05) is 36.9 Å². The second-order valence-electron chi connectivity index (χ2n) is 3.07. The van der Waals surface area contributed by atoms with Gasteiger partial charge in [-0.05, 0) is 19.1 Å². The summed E-state index contributed by atoms with van der Waals surface area (Å²) in [6.07, 6.45) is 5.68. The summed E-state index contributed by atoms with van der Waals surface area (Å²) in [7, 11) is 0. The zero-order chi connectivity index (χ0) is 9.97. The lowest BCUT2D eigenvalue weighted by molar-refractivity contribution is 0.575. The van der Waals surface area contributed by atoms with Gasteiger partial charge in [0, 0.05) is 10.6 Å². The van der Waals surface area contributed by atoms with Crippen LogP contribution in [0.5, 0.6) is 0 Å². The molecule has 70 valence electrons. The molecule has 2 rings (SSSR count). The molecule has 0 saturated carbocycles. The van der Waals surface area contributed by atoms with E-state index in [2.05, 4.69) is 18.7 Å². The molecule has 0 aliphatic rings. The van der Waals surface area contributed by atoms with Gasteiger partial charge >= 0.3 is 0 Å². The lowest BCUT2D eigenvalue weighted by atomic mass is 10.2. The number of para-hydroxylation sites is 1. The second kappa shape index (κ2) is 3.54. The maximum atomic E-state index is 5.67. The Morgan fingerprint density at radius 1 is 1.29 bits per heavy atom. The first-order valence-electron chi connectivity index (χ1n) is 4.63. The topological polar surface area (TPSA) is 13.1 Å². The number of hydrogen-bond acceptors (Lipinski definition) is 1. The Labute approximate surface area is 82.7 Å². The Kier molecular flexibility index (Phi) is 2.23. The molecule has 2 aromatic rings. The van der Waals surface area contributed by atoms with Crippen LogP contribution in [0.25, 0.3) is 23.1 Å². The average molecular weight is 184 g/mol. The zero-order valence-electron chi connectivity index (χ0n) is 8.16. The molecule has 0 unspecified atom stereocenters. The third-order valence-corrected chi connectivity index (χ3v) is 2.22. The molecule has 1 aromatic heterocycles. The largest absolute Gasteiger partial charge is 0.456 e. The van der Waals surface area contributed by atoms with Crippen molar-refractivity contribution >= 4 is 23.1 Å². The van der Waals surface area contributed by atoms with Crippen molar-refractivity contribution in [3.8, 4) is 0 Å². The number of fused-ring (bicyclic) bond motifs is 1. The smallest absolute Gasteiger partial charge is 0.135 e. The van der Waals surface area contributed by atoms with Gasteiger partial charge in [0.25, 0.3) is 0 Å². The Morgan fingerprint density at radius 3 is 2.79 bits per heavy atom. The van der Waals surface area contributed by atoms with E-state index < -0.39 is 0 Å². The third kappa shape index (κ3) is 1.27. The molecule has 0 fully saturated rings. The molecule has 0 aliphatic heterocycles. The van der Waals surface area contributed by atoms with Gasteiger partial charge in [0.1, 0.15) is 11.0 Å². The minimum Gasteiger partial charge on any atom is -0.456 e. The average Bonchev–Trinajstić information content (AvgIpc) is 2.55. The molecule has 0 spiro atoms. The number of benzene rings is 1. The van der Waals surface area contributed by atoms with E-state index in [1.54, 1.807) is 6.08 Å². The molecule has 1 heteroatoms. The lowest BCUT2D eigenvalue weighted by Gasteiger charge is -1.82. The Morgan fingerprint density at radius 2 is 2.07 bits per heavy atom. The number of allylic oxidation sites excluding steroid dienone is 1. The summed E-state index contributed by atoms with van der Waals surface area (Å²) in [5.41, 5.74) is 1.80. The molecule has 0 bridgehead atoms. The summed E-state index contributed by atoms with van der Waals surface area (Å²) in [6.45, 7) is 5.68. The summed E-state index contributed by atoms with van der Waals surface area (Å²) in [6, 6.07) is 8.03. The van der Waals surface area contributed by atoms with Crippen LogP contribution in [-0.2, 0) is 0 Å². The lowest BCUT2D eigenvalue weighted by Crippen LogP contribution is -2.18. The zero-order valence-corrected chi connectivity index (χ0v) is 8.16. The maximum absolute atomic E-state index is 5.67. The van der Waals surface area contributed by atoms with E-state index in [0.29, 0.717) is 0 Å². The van der Waals surface area contributed by atoms with Crippen molar-refractivity contribution in [2.75, 3.05) is 0 Å². The van der Waals surface area contributed by atoms with Crippen LogP contribution in [0.4, 0.5) is 0 Å². The molecule has 0 atom stereocenters. The number of hydrogen-bond donors (Lipinski definition) is 0. The van der Waals surface area contributed by atoms with E-state index in [-0.39, 0.29) is 0 Å². The minimum absolute atomic E-state index is 0.878. The van der Waals surface area contributed by atoms with E-state index in [9.17, 15) is 0 Å². The first kappa shape index (κ1) is 8.82. The predicted molar refractivity (Wildman–Crippen MR) is 60.3 cm³/mol. The van der Waals surface area contributed by atoms with Crippen molar-refractivity contribution in [1.82, 2.24) is 0 Å². The van der Waals surface area contributed by atoms with E-state index in [1.165, 1.54) is 0 Å². The van der Waals surface area contributed by atoms with Crippen molar-refractivity contribution in [1.29, 1.82) is 0 Å². The fourth-order valence-corrected chi connectivity index (χ4v) is 1.61. The summed E-state index contributed by atoms with van der Waals surface area (Å²) >= 11 is 0. The Hall–Kier alpha value is -1.76. The van der Waals surface area contributed by atoms with Gasteiger partial charge in [0.05, 0.1) is 0 Å².